The van der Waals surface area contributed by atoms with Crippen molar-refractivity contribution in [2.24, 2.45) is 5.10 Å². The van der Waals surface area contributed by atoms with E-state index in [2.05, 4.69) is 18.9 Å². The summed E-state index contributed by atoms with van der Waals surface area (Å²) in [5.41, 5.74) is 8.85. The van der Waals surface area contributed by atoms with Gasteiger partial charge in [0.2, 0.25) is 0 Å². The highest BCUT2D eigenvalue weighted by molar-refractivity contribution is 6.31. The Morgan fingerprint density at radius 3 is 2.62 bits per heavy atom. The van der Waals surface area contributed by atoms with E-state index in [0.29, 0.717) is 11.1 Å². The Balaban J connectivity index is 2.26. The molecule has 1 fully saturated rings. The lowest BCUT2D eigenvalue weighted by atomic mass is 9.95. The van der Waals surface area contributed by atoms with Gasteiger partial charge in [0.15, 0.2) is 0 Å². The highest BCUT2D eigenvalue weighted by Gasteiger charge is 2.19. The number of hydrogen-bond acceptors (Lipinski definition) is 3. The molecule has 0 amide bonds. The van der Waals surface area contributed by atoms with Gasteiger partial charge in [0.1, 0.15) is 0 Å². The number of nitrogen functional groups attached to an aromatic ring is 1. The lowest BCUT2D eigenvalue weighted by Gasteiger charge is -2.32. The molecule has 1 aromatic carbocycles. The Morgan fingerprint density at radius 1 is 1.29 bits per heavy atom. The van der Waals surface area contributed by atoms with Gasteiger partial charge in [0.05, 0.1) is 5.71 Å². The summed E-state index contributed by atoms with van der Waals surface area (Å²) in [4.78, 5) is 0. The molecule has 3 nitrogen and oxygen atoms in total. The molecule has 1 aliphatic carbocycles. The fourth-order valence-electron chi connectivity index (χ4n) is 3.04. The predicted molar refractivity (Wildman–Crippen MR) is 91.9 cm³/mol. The summed E-state index contributed by atoms with van der Waals surface area (Å²) in [6.07, 6.45) is 7.35. The Bertz CT molecular complexity index is 493. The average molecular weight is 308 g/mol. The summed E-state index contributed by atoms with van der Waals surface area (Å²) < 4.78 is 0. The Morgan fingerprint density at radius 2 is 2.00 bits per heavy atom. The zero-order chi connectivity index (χ0) is 15.2. The molecule has 2 rings (SSSR count). The van der Waals surface area contributed by atoms with Crippen molar-refractivity contribution in [3.8, 4) is 0 Å². The lowest BCUT2D eigenvalue weighted by molar-refractivity contribution is 0.170. The third kappa shape index (κ3) is 4.13. The van der Waals surface area contributed by atoms with Crippen molar-refractivity contribution in [1.82, 2.24) is 5.01 Å². The van der Waals surface area contributed by atoms with Crippen molar-refractivity contribution in [3.63, 3.8) is 0 Å². The Labute approximate surface area is 133 Å². The molecule has 0 aliphatic heterocycles. The monoisotopic (exact) mass is 307 g/mol. The van der Waals surface area contributed by atoms with E-state index in [1.54, 1.807) is 0 Å². The first kappa shape index (κ1) is 16.2. The summed E-state index contributed by atoms with van der Waals surface area (Å²) in [7, 11) is 0. The van der Waals surface area contributed by atoms with Crippen LogP contribution in [0.2, 0.25) is 5.02 Å². The van der Waals surface area contributed by atoms with Gasteiger partial charge >= 0.3 is 0 Å². The van der Waals surface area contributed by atoms with Crippen molar-refractivity contribution in [2.75, 3.05) is 12.3 Å². The van der Waals surface area contributed by atoms with Crippen LogP contribution in [0.1, 0.15) is 57.9 Å². The molecule has 0 radical (unpaired) electrons. The van der Waals surface area contributed by atoms with Gasteiger partial charge in [0, 0.05) is 28.9 Å². The maximum absolute atomic E-state index is 6.11. The van der Waals surface area contributed by atoms with Crippen LogP contribution >= 0.6 is 11.6 Å². The number of halogens is 1. The minimum Gasteiger partial charge on any atom is -0.398 e. The molecule has 0 unspecified atom stereocenters. The van der Waals surface area contributed by atoms with E-state index >= 15 is 0 Å². The van der Waals surface area contributed by atoms with Crippen molar-refractivity contribution >= 4 is 23.0 Å². The molecule has 21 heavy (non-hydrogen) atoms. The fourth-order valence-corrected chi connectivity index (χ4v) is 3.21. The first-order valence-electron chi connectivity index (χ1n) is 8.05. The van der Waals surface area contributed by atoms with Gasteiger partial charge in [-0.05, 0) is 44.4 Å². The molecular weight excluding hydrogens is 282 g/mol. The van der Waals surface area contributed by atoms with Crippen molar-refractivity contribution < 1.29 is 0 Å². The summed E-state index contributed by atoms with van der Waals surface area (Å²) >= 11 is 6.11. The predicted octanol–water partition coefficient (Wildman–Crippen LogP) is 4.69. The largest absolute Gasteiger partial charge is 0.398 e. The van der Waals surface area contributed by atoms with E-state index < -0.39 is 0 Å². The number of rotatable bonds is 5. The van der Waals surface area contributed by atoms with E-state index in [9.17, 15) is 0 Å². The molecule has 0 atom stereocenters. The number of nitrogens with two attached hydrogens (primary N) is 1. The zero-order valence-corrected chi connectivity index (χ0v) is 13.9. The van der Waals surface area contributed by atoms with E-state index in [-0.39, 0.29) is 0 Å². The van der Waals surface area contributed by atoms with Crippen molar-refractivity contribution in [3.05, 3.63) is 28.8 Å². The second-order valence-electron chi connectivity index (χ2n) is 5.68. The molecule has 0 saturated heterocycles. The second-order valence-corrected chi connectivity index (χ2v) is 6.12. The molecule has 2 N–H and O–H groups in total. The molecular formula is C17H26ClN3. The standard InChI is InChI=1S/C17H26ClN3/c1-3-17(15-12-13(18)10-11-16(15)19)20-21(4-2)14-8-6-5-7-9-14/h10-12,14H,3-9,19H2,1-2H3/b20-17+. The lowest BCUT2D eigenvalue weighted by Crippen LogP contribution is -2.33. The number of hydrogen-bond donors (Lipinski definition) is 1. The molecule has 1 aliphatic rings. The van der Waals surface area contributed by atoms with Crippen LogP contribution < -0.4 is 5.73 Å². The molecule has 1 aromatic rings. The minimum absolute atomic E-state index is 0.575. The number of hydrazone groups is 1. The van der Waals surface area contributed by atoms with Gasteiger partial charge in [-0.2, -0.15) is 5.10 Å². The summed E-state index contributed by atoms with van der Waals surface area (Å²) in [6, 6.07) is 6.19. The van der Waals surface area contributed by atoms with Gasteiger partial charge in [-0.3, -0.25) is 5.01 Å². The topological polar surface area (TPSA) is 41.6 Å². The normalized spacial score (nSPS) is 17.0. The quantitative estimate of drug-likeness (QED) is 0.487. The third-order valence-corrected chi connectivity index (χ3v) is 4.47. The average Bonchev–Trinajstić information content (AvgIpc) is 2.52. The Hall–Kier alpha value is -1.22. The molecule has 0 bridgehead atoms. The maximum Gasteiger partial charge on any atom is 0.0696 e. The van der Waals surface area contributed by atoms with Crippen LogP contribution in [0.3, 0.4) is 0 Å². The highest BCUT2D eigenvalue weighted by Crippen LogP contribution is 2.25. The summed E-state index contributed by atoms with van der Waals surface area (Å²) in [6.45, 7) is 5.23. The molecule has 4 heteroatoms. The van der Waals surface area contributed by atoms with Gasteiger partial charge < -0.3 is 5.73 Å². The van der Waals surface area contributed by atoms with Crippen molar-refractivity contribution in [1.29, 1.82) is 0 Å². The summed E-state index contributed by atoms with van der Waals surface area (Å²) in [5.74, 6) is 0. The van der Waals surface area contributed by atoms with Crippen LogP contribution in [0, 0.1) is 0 Å². The third-order valence-electron chi connectivity index (χ3n) is 4.23. The molecule has 116 valence electrons. The Kier molecular flexibility index (Phi) is 5.92. The van der Waals surface area contributed by atoms with E-state index in [1.807, 2.05) is 18.2 Å². The molecule has 0 spiro atoms. The molecule has 1 saturated carbocycles. The SMILES string of the molecule is CC/C(=N\N(CC)C1CCCCC1)c1cc(Cl)ccc1N. The van der Waals surface area contributed by atoms with Crippen molar-refractivity contribution in [2.45, 2.75) is 58.4 Å². The smallest absolute Gasteiger partial charge is 0.0696 e. The first-order valence-corrected chi connectivity index (χ1v) is 8.43. The van der Waals surface area contributed by atoms with Gasteiger partial charge in [-0.15, -0.1) is 0 Å². The van der Waals surface area contributed by atoms with E-state index in [1.165, 1.54) is 32.1 Å². The number of nitrogens with zero attached hydrogens (tertiary/aromatic N) is 2. The molecule has 0 aromatic heterocycles. The second kappa shape index (κ2) is 7.69. The first-order chi connectivity index (χ1) is 10.2. The van der Waals surface area contributed by atoms with Crippen LogP contribution in [0.4, 0.5) is 5.69 Å². The van der Waals surface area contributed by atoms with Gasteiger partial charge in [-0.25, -0.2) is 0 Å². The minimum atomic E-state index is 0.575. The number of benzene rings is 1. The maximum atomic E-state index is 6.11. The zero-order valence-electron chi connectivity index (χ0n) is 13.1. The van der Waals surface area contributed by atoms with Crippen LogP contribution in [0.15, 0.2) is 23.3 Å². The molecule has 0 heterocycles. The van der Waals surface area contributed by atoms with E-state index in [0.717, 1.165) is 29.9 Å². The van der Waals surface area contributed by atoms with E-state index in [4.69, 9.17) is 22.4 Å². The fraction of sp³-hybridized carbons (Fsp3) is 0.588. The van der Waals surface area contributed by atoms with Gasteiger partial charge in [-0.1, -0.05) is 37.8 Å². The van der Waals surface area contributed by atoms with Gasteiger partial charge in [0.25, 0.3) is 0 Å². The van der Waals surface area contributed by atoms with Crippen LogP contribution in [-0.2, 0) is 0 Å². The van der Waals surface area contributed by atoms with Crippen LogP contribution in [0.25, 0.3) is 0 Å². The van der Waals surface area contributed by atoms with Crippen LogP contribution in [-0.4, -0.2) is 23.3 Å². The summed E-state index contributed by atoms with van der Waals surface area (Å²) in [5, 5.41) is 7.88. The highest BCUT2D eigenvalue weighted by atomic mass is 35.5. The number of anilines is 1. The van der Waals surface area contributed by atoms with Crippen LogP contribution in [0.5, 0.6) is 0 Å².